The highest BCUT2D eigenvalue weighted by atomic mass is 35.5. The van der Waals surface area contributed by atoms with E-state index in [9.17, 15) is 0 Å². The number of aryl methyl sites for hydroxylation is 2. The number of halogens is 1. The first-order valence-electron chi connectivity index (χ1n) is 5.90. The van der Waals surface area contributed by atoms with E-state index in [1.807, 2.05) is 26.2 Å². The molecular formula is C12H12ClN7. The minimum Gasteiger partial charge on any atom is -0.398 e. The second kappa shape index (κ2) is 4.61. The van der Waals surface area contributed by atoms with Crippen LogP contribution in [0.25, 0.3) is 17.1 Å². The van der Waals surface area contributed by atoms with Gasteiger partial charge < -0.3 is 5.73 Å². The molecule has 0 aliphatic heterocycles. The smallest absolute Gasteiger partial charge is 0.187 e. The van der Waals surface area contributed by atoms with Crippen molar-refractivity contribution < 1.29 is 0 Å². The maximum Gasteiger partial charge on any atom is 0.187 e. The molecule has 0 bridgehead atoms. The van der Waals surface area contributed by atoms with E-state index in [0.717, 1.165) is 16.9 Å². The zero-order valence-corrected chi connectivity index (χ0v) is 11.7. The SMILES string of the molecule is Cc1nn(C)cc1-n1nnnc1-c1ccc(Cl)c(N)c1. The normalized spacial score (nSPS) is 10.9. The van der Waals surface area contributed by atoms with Crippen molar-refractivity contribution in [2.45, 2.75) is 6.92 Å². The zero-order valence-electron chi connectivity index (χ0n) is 10.9. The van der Waals surface area contributed by atoms with Gasteiger partial charge in [-0.3, -0.25) is 4.68 Å². The van der Waals surface area contributed by atoms with Crippen molar-refractivity contribution in [3.63, 3.8) is 0 Å². The third-order valence-electron chi connectivity index (χ3n) is 2.94. The van der Waals surface area contributed by atoms with E-state index in [1.54, 1.807) is 21.5 Å². The van der Waals surface area contributed by atoms with Crippen molar-refractivity contribution in [1.82, 2.24) is 30.0 Å². The highest BCUT2D eigenvalue weighted by Gasteiger charge is 2.15. The van der Waals surface area contributed by atoms with Crippen molar-refractivity contribution in [3.8, 4) is 17.1 Å². The molecule has 7 nitrogen and oxygen atoms in total. The number of hydrogen-bond donors (Lipinski definition) is 1. The number of rotatable bonds is 2. The van der Waals surface area contributed by atoms with E-state index >= 15 is 0 Å². The Balaban J connectivity index is 2.15. The predicted molar refractivity (Wildman–Crippen MR) is 75.5 cm³/mol. The van der Waals surface area contributed by atoms with E-state index in [4.69, 9.17) is 17.3 Å². The van der Waals surface area contributed by atoms with Crippen molar-refractivity contribution >= 4 is 17.3 Å². The van der Waals surface area contributed by atoms with Gasteiger partial charge >= 0.3 is 0 Å². The minimum atomic E-state index is 0.488. The molecule has 0 radical (unpaired) electrons. The van der Waals surface area contributed by atoms with Crippen molar-refractivity contribution in [2.24, 2.45) is 7.05 Å². The monoisotopic (exact) mass is 289 g/mol. The van der Waals surface area contributed by atoms with Gasteiger partial charge in [0.05, 0.1) is 22.6 Å². The van der Waals surface area contributed by atoms with Gasteiger partial charge in [-0.15, -0.1) is 5.10 Å². The molecule has 0 amide bonds. The van der Waals surface area contributed by atoms with Crippen LogP contribution in [0.3, 0.4) is 0 Å². The number of nitrogens with two attached hydrogens (primary N) is 1. The molecule has 2 heterocycles. The highest BCUT2D eigenvalue weighted by molar-refractivity contribution is 6.33. The summed E-state index contributed by atoms with van der Waals surface area (Å²) in [6.07, 6.45) is 1.86. The lowest BCUT2D eigenvalue weighted by Gasteiger charge is -2.04. The summed E-state index contributed by atoms with van der Waals surface area (Å²) in [5, 5.41) is 16.6. The predicted octanol–water partition coefficient (Wildman–Crippen LogP) is 1.61. The molecule has 0 atom stereocenters. The van der Waals surface area contributed by atoms with Gasteiger partial charge in [0.2, 0.25) is 0 Å². The molecule has 20 heavy (non-hydrogen) atoms. The molecule has 3 rings (SSSR count). The molecule has 2 N–H and O–H groups in total. The Morgan fingerprint density at radius 3 is 2.75 bits per heavy atom. The first-order valence-corrected chi connectivity index (χ1v) is 6.28. The summed E-state index contributed by atoms with van der Waals surface area (Å²) >= 11 is 5.93. The largest absolute Gasteiger partial charge is 0.398 e. The molecule has 0 unspecified atom stereocenters. The van der Waals surface area contributed by atoms with Crippen LogP contribution in [0.15, 0.2) is 24.4 Å². The van der Waals surface area contributed by atoms with Gasteiger partial charge in [-0.1, -0.05) is 11.6 Å². The van der Waals surface area contributed by atoms with Gasteiger partial charge in [0.1, 0.15) is 5.69 Å². The van der Waals surface area contributed by atoms with Crippen LogP contribution in [0.1, 0.15) is 5.69 Å². The first kappa shape index (κ1) is 12.6. The second-order valence-electron chi connectivity index (χ2n) is 4.42. The van der Waals surface area contributed by atoms with Crippen LogP contribution in [-0.4, -0.2) is 30.0 Å². The summed E-state index contributed by atoms with van der Waals surface area (Å²) in [5.74, 6) is 0.587. The minimum absolute atomic E-state index is 0.488. The van der Waals surface area contributed by atoms with E-state index < -0.39 is 0 Å². The Kier molecular flexibility index (Phi) is 2.90. The lowest BCUT2D eigenvalue weighted by Crippen LogP contribution is -2.01. The van der Waals surface area contributed by atoms with Crippen LogP contribution in [0.2, 0.25) is 5.02 Å². The Morgan fingerprint density at radius 1 is 1.30 bits per heavy atom. The van der Waals surface area contributed by atoms with Crippen LogP contribution >= 0.6 is 11.6 Å². The van der Waals surface area contributed by atoms with Gasteiger partial charge in [-0.05, 0) is 35.5 Å². The highest BCUT2D eigenvalue weighted by Crippen LogP contribution is 2.26. The number of anilines is 1. The number of nitrogen functional groups attached to an aromatic ring is 1. The summed E-state index contributed by atoms with van der Waals surface area (Å²) in [5.41, 5.74) is 8.76. The topological polar surface area (TPSA) is 87.4 Å². The molecule has 2 aromatic heterocycles. The molecular weight excluding hydrogens is 278 g/mol. The average molecular weight is 290 g/mol. The number of benzene rings is 1. The Hall–Kier alpha value is -2.41. The van der Waals surface area contributed by atoms with Gasteiger partial charge in [-0.25, -0.2) is 0 Å². The quantitative estimate of drug-likeness (QED) is 0.724. The van der Waals surface area contributed by atoms with Crippen LogP contribution in [0.4, 0.5) is 5.69 Å². The fourth-order valence-electron chi connectivity index (χ4n) is 2.01. The maximum atomic E-state index is 5.93. The standard InChI is InChI=1S/C12H12ClN7/c1-7-11(6-19(2)16-7)20-12(15-17-18-20)8-3-4-9(13)10(14)5-8/h3-6H,14H2,1-2H3. The Bertz CT molecular complexity index is 774. The van der Waals surface area contributed by atoms with Crippen LogP contribution < -0.4 is 5.73 Å². The summed E-state index contributed by atoms with van der Waals surface area (Å²) in [4.78, 5) is 0. The Morgan fingerprint density at radius 2 is 2.10 bits per heavy atom. The van der Waals surface area contributed by atoms with Crippen molar-refractivity contribution in [1.29, 1.82) is 0 Å². The summed E-state index contributed by atoms with van der Waals surface area (Å²) in [7, 11) is 1.85. The number of aromatic nitrogens is 6. The van der Waals surface area contributed by atoms with Crippen molar-refractivity contribution in [2.75, 3.05) is 5.73 Å². The molecule has 0 fully saturated rings. The summed E-state index contributed by atoms with van der Waals surface area (Å²) in [6.45, 7) is 1.90. The van der Waals surface area contributed by atoms with Crippen LogP contribution in [0, 0.1) is 6.92 Å². The van der Waals surface area contributed by atoms with Gasteiger partial charge in [0.15, 0.2) is 5.82 Å². The van der Waals surface area contributed by atoms with Crippen molar-refractivity contribution in [3.05, 3.63) is 35.1 Å². The van der Waals surface area contributed by atoms with Gasteiger partial charge in [0, 0.05) is 12.6 Å². The van der Waals surface area contributed by atoms with E-state index in [2.05, 4.69) is 20.6 Å². The maximum absolute atomic E-state index is 5.93. The second-order valence-corrected chi connectivity index (χ2v) is 4.83. The number of tetrazole rings is 1. The third-order valence-corrected chi connectivity index (χ3v) is 3.28. The molecule has 3 aromatic rings. The van der Waals surface area contributed by atoms with E-state index in [-0.39, 0.29) is 0 Å². The third kappa shape index (κ3) is 2.01. The molecule has 0 aliphatic rings. The lowest BCUT2D eigenvalue weighted by molar-refractivity contribution is 0.755. The summed E-state index contributed by atoms with van der Waals surface area (Å²) in [6, 6.07) is 5.30. The Labute approximate surface area is 120 Å². The number of nitrogens with zero attached hydrogens (tertiary/aromatic N) is 6. The van der Waals surface area contributed by atoms with Gasteiger partial charge in [-0.2, -0.15) is 9.78 Å². The molecule has 0 spiro atoms. The molecule has 0 aliphatic carbocycles. The summed E-state index contributed by atoms with van der Waals surface area (Å²) < 4.78 is 3.34. The first-order chi connectivity index (χ1) is 9.56. The van der Waals surface area contributed by atoms with Crippen LogP contribution in [-0.2, 0) is 7.05 Å². The van der Waals surface area contributed by atoms with E-state index in [0.29, 0.717) is 16.5 Å². The van der Waals surface area contributed by atoms with Crippen LogP contribution in [0.5, 0.6) is 0 Å². The average Bonchev–Trinajstić information content (AvgIpc) is 2.99. The van der Waals surface area contributed by atoms with E-state index in [1.165, 1.54) is 0 Å². The molecule has 0 saturated carbocycles. The molecule has 102 valence electrons. The fourth-order valence-corrected chi connectivity index (χ4v) is 2.12. The lowest BCUT2D eigenvalue weighted by atomic mass is 10.2. The molecule has 8 heteroatoms. The number of hydrogen-bond acceptors (Lipinski definition) is 5. The molecule has 1 aromatic carbocycles. The molecule has 0 saturated heterocycles. The van der Waals surface area contributed by atoms with Gasteiger partial charge in [0.25, 0.3) is 0 Å². The zero-order chi connectivity index (χ0) is 14.3. The fraction of sp³-hybridized carbons (Fsp3) is 0.167.